The normalized spacial score (nSPS) is 19.3. The van der Waals surface area contributed by atoms with Gasteiger partial charge in [-0.1, -0.05) is 19.1 Å². The van der Waals surface area contributed by atoms with Crippen molar-refractivity contribution in [2.45, 2.75) is 19.4 Å². The van der Waals surface area contributed by atoms with E-state index in [2.05, 4.69) is 17.6 Å². The van der Waals surface area contributed by atoms with E-state index < -0.39 is 0 Å². The number of nitrogens with zero attached hydrogens (tertiary/aromatic N) is 1. The number of nitrogens with one attached hydrogen (secondary N) is 2. The Kier molecular flexibility index (Phi) is 6.83. The maximum absolute atomic E-state index is 12.8. The third kappa shape index (κ3) is 4.26. The Balaban J connectivity index is 0.00000243. The van der Waals surface area contributed by atoms with Crippen molar-refractivity contribution in [1.82, 2.24) is 10.6 Å². The van der Waals surface area contributed by atoms with E-state index in [-0.39, 0.29) is 36.0 Å². The van der Waals surface area contributed by atoms with Gasteiger partial charge in [0.1, 0.15) is 0 Å². The summed E-state index contributed by atoms with van der Waals surface area (Å²) in [6.45, 7) is 3.88. The molecule has 2 atom stereocenters. The molecule has 6 nitrogen and oxygen atoms in total. The second-order valence-electron chi connectivity index (χ2n) is 6.41. The fraction of sp³-hybridized carbons (Fsp3) is 0.368. The van der Waals surface area contributed by atoms with E-state index in [9.17, 15) is 9.59 Å². The minimum atomic E-state index is -0.294. The molecule has 7 heteroatoms. The Morgan fingerprint density at radius 1 is 1.23 bits per heavy atom. The second kappa shape index (κ2) is 8.87. The zero-order valence-corrected chi connectivity index (χ0v) is 15.7. The van der Waals surface area contributed by atoms with E-state index in [4.69, 9.17) is 4.42 Å². The number of halogens is 1. The van der Waals surface area contributed by atoms with Gasteiger partial charge in [0.15, 0.2) is 5.76 Å². The number of carbonyl (C=O) groups is 2. The van der Waals surface area contributed by atoms with E-state index in [1.165, 1.54) is 11.2 Å². The summed E-state index contributed by atoms with van der Waals surface area (Å²) >= 11 is 0. The predicted octanol–water partition coefficient (Wildman–Crippen LogP) is 2.71. The molecule has 1 aliphatic heterocycles. The number of benzene rings is 1. The topological polar surface area (TPSA) is 74.6 Å². The Hall–Kier alpha value is -2.31. The molecule has 1 saturated heterocycles. The van der Waals surface area contributed by atoms with Gasteiger partial charge in [0.2, 0.25) is 0 Å². The molecule has 2 amide bonds. The van der Waals surface area contributed by atoms with E-state index in [0.29, 0.717) is 17.2 Å². The van der Waals surface area contributed by atoms with E-state index in [0.717, 1.165) is 19.5 Å². The molecular weight excluding hydrogens is 354 g/mol. The van der Waals surface area contributed by atoms with Crippen LogP contribution in [0.2, 0.25) is 0 Å². The first-order valence-electron chi connectivity index (χ1n) is 8.50. The number of hydrogen-bond acceptors (Lipinski definition) is 4. The molecule has 1 aromatic heterocycles. The summed E-state index contributed by atoms with van der Waals surface area (Å²) in [5.74, 6) is 0.191. The van der Waals surface area contributed by atoms with Gasteiger partial charge in [0.25, 0.3) is 11.8 Å². The van der Waals surface area contributed by atoms with Crippen molar-refractivity contribution in [3.05, 3.63) is 54.0 Å². The van der Waals surface area contributed by atoms with E-state index in [1.54, 1.807) is 37.4 Å². The number of piperidine rings is 1. The van der Waals surface area contributed by atoms with Gasteiger partial charge in [-0.3, -0.25) is 9.59 Å². The number of carbonyl (C=O) groups excluding carboxylic acids is 2. The summed E-state index contributed by atoms with van der Waals surface area (Å²) in [5, 5.41) is 6.40. The Morgan fingerprint density at radius 3 is 2.69 bits per heavy atom. The molecule has 3 rings (SSSR count). The molecule has 0 spiro atoms. The minimum Gasteiger partial charge on any atom is -0.459 e. The smallest absolute Gasteiger partial charge is 0.293 e. The molecule has 2 unspecified atom stereocenters. The minimum absolute atomic E-state index is 0. The van der Waals surface area contributed by atoms with Crippen molar-refractivity contribution in [1.29, 1.82) is 0 Å². The van der Waals surface area contributed by atoms with Crippen LogP contribution in [0, 0.1) is 5.92 Å². The molecule has 26 heavy (non-hydrogen) atoms. The number of rotatable bonds is 4. The number of amides is 2. The lowest BCUT2D eigenvalue weighted by atomic mass is 9.94. The van der Waals surface area contributed by atoms with Crippen molar-refractivity contribution < 1.29 is 14.0 Å². The predicted molar refractivity (Wildman–Crippen MR) is 103 cm³/mol. The van der Waals surface area contributed by atoms with E-state index >= 15 is 0 Å². The summed E-state index contributed by atoms with van der Waals surface area (Å²) in [7, 11) is 1.64. The molecule has 1 aromatic carbocycles. The van der Waals surface area contributed by atoms with Crippen LogP contribution in [0.3, 0.4) is 0 Å². The van der Waals surface area contributed by atoms with Gasteiger partial charge in [-0.05, 0) is 43.1 Å². The first-order chi connectivity index (χ1) is 12.1. The Labute approximate surface area is 159 Å². The standard InChI is InChI=1S/C19H23N3O3.ClH/c1-13-9-10-20-12-15(13)21-18(23)14-6-3-4-7-16(14)22(2)19(24)17-8-5-11-25-17;/h3-8,11,13,15,20H,9-10,12H2,1-2H3,(H,21,23);1H. The fourth-order valence-electron chi connectivity index (χ4n) is 3.06. The summed E-state index contributed by atoms with van der Waals surface area (Å²) in [6.07, 6.45) is 2.49. The molecule has 0 saturated carbocycles. The zero-order chi connectivity index (χ0) is 17.8. The maximum Gasteiger partial charge on any atom is 0.293 e. The van der Waals surface area contributed by atoms with Gasteiger partial charge >= 0.3 is 0 Å². The number of para-hydroxylation sites is 1. The van der Waals surface area contributed by atoms with Crippen molar-refractivity contribution in [3.63, 3.8) is 0 Å². The number of hydrogen-bond donors (Lipinski definition) is 2. The summed E-state index contributed by atoms with van der Waals surface area (Å²) in [4.78, 5) is 26.7. The van der Waals surface area contributed by atoms with Crippen LogP contribution in [0.15, 0.2) is 47.1 Å². The molecule has 2 aromatic rings. The molecule has 2 N–H and O–H groups in total. The van der Waals surface area contributed by atoms with Crippen molar-refractivity contribution in [2.24, 2.45) is 5.92 Å². The number of anilines is 1. The van der Waals surface area contributed by atoms with Gasteiger partial charge in [-0.2, -0.15) is 0 Å². The van der Waals surface area contributed by atoms with Crippen LogP contribution in [0.5, 0.6) is 0 Å². The second-order valence-corrected chi connectivity index (χ2v) is 6.41. The Bertz CT molecular complexity index is 748. The van der Waals surface area contributed by atoms with Crippen molar-refractivity contribution in [2.75, 3.05) is 25.0 Å². The lowest BCUT2D eigenvalue weighted by Gasteiger charge is -2.30. The van der Waals surface area contributed by atoms with Gasteiger partial charge in [0, 0.05) is 19.6 Å². The molecule has 0 radical (unpaired) electrons. The maximum atomic E-state index is 12.8. The SMILES string of the molecule is CC1CCNCC1NC(=O)c1ccccc1N(C)C(=O)c1ccco1.Cl. The van der Waals surface area contributed by atoms with Crippen molar-refractivity contribution >= 4 is 29.9 Å². The molecule has 0 bridgehead atoms. The summed E-state index contributed by atoms with van der Waals surface area (Å²) in [5.41, 5.74) is 1.03. The molecule has 0 aliphatic carbocycles. The lowest BCUT2D eigenvalue weighted by Crippen LogP contribution is -2.50. The monoisotopic (exact) mass is 377 g/mol. The average Bonchev–Trinajstić information content (AvgIpc) is 3.17. The molecule has 1 aliphatic rings. The zero-order valence-electron chi connectivity index (χ0n) is 14.9. The average molecular weight is 378 g/mol. The highest BCUT2D eigenvalue weighted by atomic mass is 35.5. The number of furan rings is 1. The van der Waals surface area contributed by atoms with Crippen LogP contribution in [0.25, 0.3) is 0 Å². The van der Waals surface area contributed by atoms with Crippen LogP contribution < -0.4 is 15.5 Å². The molecule has 2 heterocycles. The largest absolute Gasteiger partial charge is 0.459 e. The molecule has 1 fully saturated rings. The van der Waals surface area contributed by atoms with Crippen LogP contribution in [0.1, 0.15) is 34.3 Å². The van der Waals surface area contributed by atoms with Gasteiger partial charge in [-0.15, -0.1) is 12.4 Å². The van der Waals surface area contributed by atoms with E-state index in [1.807, 2.05) is 6.07 Å². The van der Waals surface area contributed by atoms with Crippen LogP contribution >= 0.6 is 12.4 Å². The first-order valence-corrected chi connectivity index (χ1v) is 8.50. The lowest BCUT2D eigenvalue weighted by molar-refractivity contribution is 0.0915. The van der Waals surface area contributed by atoms with Crippen molar-refractivity contribution in [3.8, 4) is 0 Å². The van der Waals surface area contributed by atoms with Crippen LogP contribution in [0.4, 0.5) is 5.69 Å². The summed E-state index contributed by atoms with van der Waals surface area (Å²) < 4.78 is 5.17. The highest BCUT2D eigenvalue weighted by molar-refractivity contribution is 6.09. The molecule has 140 valence electrons. The highest BCUT2D eigenvalue weighted by Gasteiger charge is 2.26. The fourth-order valence-corrected chi connectivity index (χ4v) is 3.06. The first kappa shape index (κ1) is 20.0. The van der Waals surface area contributed by atoms with Gasteiger partial charge in [-0.25, -0.2) is 0 Å². The highest BCUT2D eigenvalue weighted by Crippen LogP contribution is 2.22. The summed E-state index contributed by atoms with van der Waals surface area (Å²) in [6, 6.07) is 10.5. The van der Waals surface area contributed by atoms with Gasteiger partial charge < -0.3 is 20.0 Å². The quantitative estimate of drug-likeness (QED) is 0.859. The van der Waals surface area contributed by atoms with Gasteiger partial charge in [0.05, 0.1) is 17.5 Å². The van der Waals surface area contributed by atoms with Crippen LogP contribution in [-0.2, 0) is 0 Å². The Morgan fingerprint density at radius 2 is 2.00 bits per heavy atom. The third-order valence-corrected chi connectivity index (χ3v) is 4.69. The third-order valence-electron chi connectivity index (χ3n) is 4.69. The van der Waals surface area contributed by atoms with Crippen LogP contribution in [-0.4, -0.2) is 38.0 Å². The molecular formula is C19H24ClN3O3.